The Kier molecular flexibility index (Phi) is 6.22. The minimum atomic E-state index is -3.16. The maximum absolute atomic E-state index is 12.4. The van der Waals surface area contributed by atoms with E-state index in [0.29, 0.717) is 19.6 Å². The van der Waals surface area contributed by atoms with Crippen LogP contribution in [0.5, 0.6) is 0 Å². The molecule has 21 heavy (non-hydrogen) atoms. The van der Waals surface area contributed by atoms with Crippen molar-refractivity contribution >= 4 is 26.0 Å². The van der Waals surface area contributed by atoms with Gasteiger partial charge in [0.2, 0.25) is 10.0 Å². The third-order valence-corrected chi connectivity index (χ3v) is 6.43. The molecule has 0 spiro atoms. The van der Waals surface area contributed by atoms with Crippen LogP contribution in [-0.2, 0) is 16.6 Å². The predicted molar refractivity (Wildman–Crippen MR) is 89.7 cm³/mol. The van der Waals surface area contributed by atoms with E-state index in [0.717, 1.165) is 36.0 Å². The predicted octanol–water partition coefficient (Wildman–Crippen LogP) is 2.70. The van der Waals surface area contributed by atoms with E-state index < -0.39 is 10.0 Å². The maximum atomic E-state index is 12.4. The van der Waals surface area contributed by atoms with Crippen LogP contribution in [0.25, 0.3) is 0 Å². The van der Waals surface area contributed by atoms with Crippen molar-refractivity contribution in [3.63, 3.8) is 0 Å². The summed E-state index contributed by atoms with van der Waals surface area (Å²) in [5.74, 6) is 0.223. The summed E-state index contributed by atoms with van der Waals surface area (Å²) < 4.78 is 27.4. The van der Waals surface area contributed by atoms with Crippen molar-refractivity contribution in [2.45, 2.75) is 26.3 Å². The van der Waals surface area contributed by atoms with Crippen LogP contribution in [0, 0.1) is 0 Å². The first-order valence-corrected chi connectivity index (χ1v) is 9.86. The first kappa shape index (κ1) is 16.9. The molecular weight excluding hydrogens is 352 g/mol. The smallest absolute Gasteiger partial charge is 0.215 e. The molecular formula is C15H23BrN2O2S. The van der Waals surface area contributed by atoms with E-state index in [-0.39, 0.29) is 5.75 Å². The van der Waals surface area contributed by atoms with Crippen molar-refractivity contribution in [2.24, 2.45) is 0 Å². The zero-order valence-corrected chi connectivity index (χ0v) is 14.9. The van der Waals surface area contributed by atoms with Gasteiger partial charge in [0.15, 0.2) is 0 Å². The Labute approximate surface area is 136 Å². The van der Waals surface area contributed by atoms with Gasteiger partial charge in [0.25, 0.3) is 0 Å². The Morgan fingerprint density at radius 3 is 2.67 bits per heavy atom. The Morgan fingerprint density at radius 2 is 1.95 bits per heavy atom. The molecule has 1 aromatic carbocycles. The molecule has 0 aliphatic carbocycles. The number of halogens is 1. The van der Waals surface area contributed by atoms with Crippen LogP contribution in [0.3, 0.4) is 0 Å². The quantitative estimate of drug-likeness (QED) is 0.795. The fourth-order valence-electron chi connectivity index (χ4n) is 2.48. The molecule has 118 valence electrons. The number of rotatable bonds is 5. The van der Waals surface area contributed by atoms with Gasteiger partial charge in [-0.3, -0.25) is 0 Å². The van der Waals surface area contributed by atoms with Crippen molar-refractivity contribution in [3.8, 4) is 0 Å². The van der Waals surface area contributed by atoms with Crippen LogP contribution >= 0.6 is 15.9 Å². The van der Waals surface area contributed by atoms with Crippen LogP contribution in [-0.4, -0.2) is 49.6 Å². The number of nitrogens with zero attached hydrogens (tertiary/aromatic N) is 2. The largest absolute Gasteiger partial charge is 0.301 e. The molecule has 4 nitrogen and oxygen atoms in total. The van der Waals surface area contributed by atoms with Crippen LogP contribution in [0.1, 0.15) is 25.3 Å². The first-order valence-electron chi connectivity index (χ1n) is 7.46. The molecule has 1 aliphatic heterocycles. The third kappa shape index (κ3) is 4.77. The van der Waals surface area contributed by atoms with Crippen molar-refractivity contribution in [3.05, 3.63) is 34.3 Å². The standard InChI is InChI=1S/C15H23BrN2O2S/c1-2-3-8-17-9-10-18(21(19,20)12-11-17)13-14-6-4-5-7-15(14)16/h4-7H,2-3,8-13H2,1H3. The molecule has 0 aromatic heterocycles. The summed E-state index contributed by atoms with van der Waals surface area (Å²) in [6.45, 7) is 5.65. The van der Waals surface area contributed by atoms with Crippen molar-refractivity contribution in [2.75, 3.05) is 31.9 Å². The summed E-state index contributed by atoms with van der Waals surface area (Å²) in [6, 6.07) is 7.81. The average Bonchev–Trinajstić information content (AvgIpc) is 2.59. The molecule has 0 bridgehead atoms. The maximum Gasteiger partial charge on any atom is 0.215 e. The fourth-order valence-corrected chi connectivity index (χ4v) is 4.33. The molecule has 0 atom stereocenters. The van der Waals surface area contributed by atoms with Gasteiger partial charge in [0.05, 0.1) is 5.75 Å². The molecule has 0 saturated carbocycles. The second kappa shape index (κ2) is 7.72. The lowest BCUT2D eigenvalue weighted by atomic mass is 10.2. The summed E-state index contributed by atoms with van der Waals surface area (Å²) in [7, 11) is -3.16. The highest BCUT2D eigenvalue weighted by Gasteiger charge is 2.27. The Bertz CT molecular complexity index is 563. The normalized spacial score (nSPS) is 20.3. The molecule has 6 heteroatoms. The number of sulfonamides is 1. The van der Waals surface area contributed by atoms with E-state index in [1.165, 1.54) is 0 Å². The lowest BCUT2D eigenvalue weighted by Crippen LogP contribution is -2.33. The molecule has 1 aliphatic rings. The van der Waals surface area contributed by atoms with Crippen molar-refractivity contribution < 1.29 is 8.42 Å². The van der Waals surface area contributed by atoms with Gasteiger partial charge in [-0.15, -0.1) is 0 Å². The monoisotopic (exact) mass is 374 g/mol. The average molecular weight is 375 g/mol. The van der Waals surface area contributed by atoms with Gasteiger partial charge < -0.3 is 4.90 Å². The van der Waals surface area contributed by atoms with Gasteiger partial charge >= 0.3 is 0 Å². The van der Waals surface area contributed by atoms with Crippen molar-refractivity contribution in [1.82, 2.24) is 9.21 Å². The molecule has 1 aromatic rings. The molecule has 1 saturated heterocycles. The van der Waals surface area contributed by atoms with Gasteiger partial charge in [-0.05, 0) is 24.6 Å². The van der Waals surface area contributed by atoms with E-state index in [2.05, 4.69) is 27.8 Å². The van der Waals surface area contributed by atoms with Gasteiger partial charge in [-0.1, -0.05) is 47.5 Å². The Hall–Kier alpha value is -0.430. The van der Waals surface area contributed by atoms with E-state index >= 15 is 0 Å². The van der Waals surface area contributed by atoms with Crippen LogP contribution in [0.15, 0.2) is 28.7 Å². The second-order valence-electron chi connectivity index (χ2n) is 5.44. The second-order valence-corrected chi connectivity index (χ2v) is 8.38. The molecule has 0 N–H and O–H groups in total. The highest BCUT2D eigenvalue weighted by Crippen LogP contribution is 2.20. The van der Waals surface area contributed by atoms with Crippen LogP contribution < -0.4 is 0 Å². The Balaban J connectivity index is 2.06. The highest BCUT2D eigenvalue weighted by atomic mass is 79.9. The summed E-state index contributed by atoms with van der Waals surface area (Å²) in [4.78, 5) is 2.26. The van der Waals surface area contributed by atoms with Gasteiger partial charge in [0, 0.05) is 30.7 Å². The number of hydrogen-bond acceptors (Lipinski definition) is 3. The SMILES string of the molecule is CCCCN1CCN(Cc2ccccc2Br)S(=O)(=O)CC1. The molecule has 1 heterocycles. The lowest BCUT2D eigenvalue weighted by molar-refractivity contribution is 0.271. The lowest BCUT2D eigenvalue weighted by Gasteiger charge is -2.21. The van der Waals surface area contributed by atoms with E-state index in [1.807, 2.05) is 24.3 Å². The Morgan fingerprint density at radius 1 is 1.19 bits per heavy atom. The van der Waals surface area contributed by atoms with Gasteiger partial charge in [-0.2, -0.15) is 4.31 Å². The van der Waals surface area contributed by atoms with E-state index in [1.54, 1.807) is 4.31 Å². The molecule has 1 fully saturated rings. The van der Waals surface area contributed by atoms with Crippen LogP contribution in [0.4, 0.5) is 0 Å². The summed E-state index contributed by atoms with van der Waals surface area (Å²) in [5.41, 5.74) is 1.02. The topological polar surface area (TPSA) is 40.6 Å². The summed E-state index contributed by atoms with van der Waals surface area (Å²) in [6.07, 6.45) is 2.27. The molecule has 0 unspecified atom stereocenters. The zero-order valence-electron chi connectivity index (χ0n) is 12.5. The molecule has 0 radical (unpaired) electrons. The minimum absolute atomic E-state index is 0.223. The van der Waals surface area contributed by atoms with Gasteiger partial charge in [-0.25, -0.2) is 8.42 Å². The molecule has 2 rings (SSSR count). The molecule has 0 amide bonds. The van der Waals surface area contributed by atoms with E-state index in [9.17, 15) is 8.42 Å². The number of hydrogen-bond donors (Lipinski definition) is 0. The van der Waals surface area contributed by atoms with Crippen molar-refractivity contribution in [1.29, 1.82) is 0 Å². The highest BCUT2D eigenvalue weighted by molar-refractivity contribution is 9.10. The van der Waals surface area contributed by atoms with E-state index in [4.69, 9.17) is 0 Å². The fraction of sp³-hybridized carbons (Fsp3) is 0.600. The number of benzene rings is 1. The number of unbranched alkanes of at least 4 members (excludes halogenated alkanes) is 1. The minimum Gasteiger partial charge on any atom is -0.301 e. The summed E-state index contributed by atoms with van der Waals surface area (Å²) >= 11 is 3.49. The van der Waals surface area contributed by atoms with Crippen LogP contribution in [0.2, 0.25) is 0 Å². The third-order valence-electron chi connectivity index (χ3n) is 3.86. The summed E-state index contributed by atoms with van der Waals surface area (Å²) in [5, 5.41) is 0. The first-order chi connectivity index (χ1) is 10.0. The van der Waals surface area contributed by atoms with Gasteiger partial charge in [0.1, 0.15) is 0 Å². The zero-order chi connectivity index (χ0) is 15.3.